The maximum atomic E-state index is 11.6. The molecule has 0 bridgehead atoms. The van der Waals surface area contributed by atoms with Gasteiger partial charge >= 0.3 is 0 Å². The van der Waals surface area contributed by atoms with E-state index < -0.39 is 0 Å². The molecule has 0 fully saturated rings. The summed E-state index contributed by atoms with van der Waals surface area (Å²) in [6, 6.07) is 5.89. The second-order valence-electron chi connectivity index (χ2n) is 4.15. The first kappa shape index (κ1) is 11.9. The molecule has 0 heterocycles. The van der Waals surface area contributed by atoms with Crippen molar-refractivity contribution in [3.8, 4) is 0 Å². The van der Waals surface area contributed by atoms with Crippen molar-refractivity contribution < 1.29 is 4.79 Å². The summed E-state index contributed by atoms with van der Waals surface area (Å²) in [7, 11) is 0. The molecule has 1 atom stereocenters. The van der Waals surface area contributed by atoms with E-state index in [2.05, 4.69) is 6.07 Å². The van der Waals surface area contributed by atoms with E-state index in [1.165, 1.54) is 11.1 Å². The van der Waals surface area contributed by atoms with Gasteiger partial charge in [-0.1, -0.05) is 36.2 Å². The third kappa shape index (κ3) is 3.48. The highest BCUT2D eigenvalue weighted by Crippen LogP contribution is 2.10. The van der Waals surface area contributed by atoms with Crippen LogP contribution >= 0.6 is 0 Å². The quantitative estimate of drug-likeness (QED) is 0.818. The third-order valence-corrected chi connectivity index (χ3v) is 2.51. The molecule has 0 aliphatic rings. The van der Waals surface area contributed by atoms with Crippen molar-refractivity contribution in [3.63, 3.8) is 0 Å². The van der Waals surface area contributed by atoms with Gasteiger partial charge in [-0.15, -0.1) is 0 Å². The number of carbonyl (C=O) groups is 1. The lowest BCUT2D eigenvalue weighted by Gasteiger charge is -2.08. The average molecular weight is 205 g/mol. The fourth-order valence-corrected chi connectivity index (χ4v) is 1.73. The Balaban J connectivity index is 2.76. The van der Waals surface area contributed by atoms with Crippen molar-refractivity contribution in [2.45, 2.75) is 39.7 Å². The lowest BCUT2D eigenvalue weighted by molar-refractivity contribution is -0.119. The average Bonchev–Trinajstić information content (AvgIpc) is 2.14. The molecule has 1 aromatic rings. The van der Waals surface area contributed by atoms with E-state index >= 15 is 0 Å². The molecule has 0 aliphatic carbocycles. The summed E-state index contributed by atoms with van der Waals surface area (Å²) >= 11 is 0. The zero-order valence-corrected chi connectivity index (χ0v) is 9.71. The molecule has 0 spiro atoms. The largest absolute Gasteiger partial charge is 0.322 e. The summed E-state index contributed by atoms with van der Waals surface area (Å²) in [5.74, 6) is 0.127. The molecule has 2 heteroatoms. The number of Topliss-reactive ketones (excluding diaryl/α,β-unsaturated/α-hetero) is 1. The summed E-state index contributed by atoms with van der Waals surface area (Å²) in [5.41, 5.74) is 9.16. The molecule has 15 heavy (non-hydrogen) atoms. The van der Waals surface area contributed by atoms with E-state index in [1.807, 2.05) is 32.9 Å². The molecule has 1 aromatic carbocycles. The Bertz CT molecular complexity index is 337. The number of hydrogen-bond acceptors (Lipinski definition) is 2. The summed E-state index contributed by atoms with van der Waals surface area (Å²) < 4.78 is 0. The van der Waals surface area contributed by atoms with Crippen LogP contribution in [0.2, 0.25) is 0 Å². The maximum absolute atomic E-state index is 11.6. The van der Waals surface area contributed by atoms with Crippen molar-refractivity contribution in [3.05, 3.63) is 34.9 Å². The van der Waals surface area contributed by atoms with Crippen LogP contribution in [0.3, 0.4) is 0 Å². The predicted molar refractivity (Wildman–Crippen MR) is 62.9 cm³/mol. The van der Waals surface area contributed by atoms with Crippen LogP contribution in [0.25, 0.3) is 0 Å². The van der Waals surface area contributed by atoms with E-state index in [1.54, 1.807) is 0 Å². The number of aryl methyl sites for hydroxylation is 2. The highest BCUT2D eigenvalue weighted by Gasteiger charge is 2.11. The van der Waals surface area contributed by atoms with Gasteiger partial charge in [0, 0.05) is 6.42 Å². The van der Waals surface area contributed by atoms with Crippen molar-refractivity contribution in [2.24, 2.45) is 5.73 Å². The van der Waals surface area contributed by atoms with Gasteiger partial charge in [0.25, 0.3) is 0 Å². The minimum absolute atomic E-state index is 0.127. The molecule has 1 unspecified atom stereocenters. The summed E-state index contributed by atoms with van der Waals surface area (Å²) in [5, 5.41) is 0. The van der Waals surface area contributed by atoms with Gasteiger partial charge in [-0.3, -0.25) is 4.79 Å². The first-order chi connectivity index (χ1) is 7.02. The number of nitrogens with two attached hydrogens (primary N) is 1. The minimum atomic E-state index is -0.314. The fourth-order valence-electron chi connectivity index (χ4n) is 1.73. The number of rotatable bonds is 4. The monoisotopic (exact) mass is 205 g/mol. The van der Waals surface area contributed by atoms with E-state index in [4.69, 9.17) is 5.73 Å². The Morgan fingerprint density at radius 3 is 2.27 bits per heavy atom. The SMILES string of the molecule is CCC(N)C(=O)Cc1cc(C)cc(C)c1. The maximum Gasteiger partial charge on any atom is 0.153 e. The number of benzene rings is 1. The highest BCUT2D eigenvalue weighted by atomic mass is 16.1. The molecule has 0 saturated heterocycles. The Labute approximate surface area is 91.5 Å². The summed E-state index contributed by atoms with van der Waals surface area (Å²) in [6.07, 6.45) is 1.17. The van der Waals surface area contributed by atoms with Crippen LogP contribution in [-0.4, -0.2) is 11.8 Å². The van der Waals surface area contributed by atoms with Crippen LogP contribution in [-0.2, 0) is 11.2 Å². The number of ketones is 1. The molecule has 2 nitrogen and oxygen atoms in total. The lowest BCUT2D eigenvalue weighted by Crippen LogP contribution is -2.30. The molecule has 1 rings (SSSR count). The molecule has 0 aliphatic heterocycles. The smallest absolute Gasteiger partial charge is 0.153 e. The van der Waals surface area contributed by atoms with Crippen molar-refractivity contribution in [1.29, 1.82) is 0 Å². The van der Waals surface area contributed by atoms with Gasteiger partial charge in [-0.25, -0.2) is 0 Å². The van der Waals surface area contributed by atoms with Crippen LogP contribution in [0.4, 0.5) is 0 Å². The van der Waals surface area contributed by atoms with Gasteiger partial charge in [-0.2, -0.15) is 0 Å². The van der Waals surface area contributed by atoms with Crippen molar-refractivity contribution in [2.75, 3.05) is 0 Å². The fraction of sp³-hybridized carbons (Fsp3) is 0.462. The van der Waals surface area contributed by atoms with Gasteiger partial charge in [0.05, 0.1) is 6.04 Å². The topological polar surface area (TPSA) is 43.1 Å². The van der Waals surface area contributed by atoms with Crippen molar-refractivity contribution >= 4 is 5.78 Å². The van der Waals surface area contributed by atoms with Gasteiger partial charge < -0.3 is 5.73 Å². The van der Waals surface area contributed by atoms with Crippen LogP contribution in [0, 0.1) is 13.8 Å². The predicted octanol–water partition coefficient (Wildman–Crippen LogP) is 2.15. The minimum Gasteiger partial charge on any atom is -0.322 e. The molecule has 82 valence electrons. The Hall–Kier alpha value is -1.15. The standard InChI is InChI=1S/C13H19NO/c1-4-12(14)13(15)8-11-6-9(2)5-10(3)7-11/h5-7,12H,4,8,14H2,1-3H3. The molecular weight excluding hydrogens is 186 g/mol. The van der Waals surface area contributed by atoms with Crippen LogP contribution < -0.4 is 5.73 Å². The number of carbonyl (C=O) groups excluding carboxylic acids is 1. The van der Waals surface area contributed by atoms with E-state index in [0.29, 0.717) is 12.8 Å². The van der Waals surface area contributed by atoms with Gasteiger partial charge in [0.1, 0.15) is 0 Å². The second kappa shape index (κ2) is 5.08. The van der Waals surface area contributed by atoms with E-state index in [-0.39, 0.29) is 11.8 Å². The third-order valence-electron chi connectivity index (χ3n) is 2.51. The zero-order chi connectivity index (χ0) is 11.4. The molecule has 0 saturated carbocycles. The van der Waals surface area contributed by atoms with Gasteiger partial charge in [-0.05, 0) is 25.8 Å². The van der Waals surface area contributed by atoms with Crippen LogP contribution in [0.5, 0.6) is 0 Å². The molecule has 0 radical (unpaired) electrons. The Morgan fingerprint density at radius 1 is 1.27 bits per heavy atom. The van der Waals surface area contributed by atoms with Gasteiger partial charge in [0.2, 0.25) is 0 Å². The first-order valence-corrected chi connectivity index (χ1v) is 5.38. The van der Waals surface area contributed by atoms with E-state index in [0.717, 1.165) is 5.56 Å². The lowest BCUT2D eigenvalue weighted by atomic mass is 9.99. The Kier molecular flexibility index (Phi) is 4.04. The molecule has 0 aromatic heterocycles. The number of hydrogen-bond donors (Lipinski definition) is 1. The van der Waals surface area contributed by atoms with Crippen LogP contribution in [0.15, 0.2) is 18.2 Å². The first-order valence-electron chi connectivity index (χ1n) is 5.38. The molecule has 2 N–H and O–H groups in total. The normalized spacial score (nSPS) is 12.5. The van der Waals surface area contributed by atoms with Crippen LogP contribution in [0.1, 0.15) is 30.0 Å². The Morgan fingerprint density at radius 2 is 1.80 bits per heavy atom. The second-order valence-corrected chi connectivity index (χ2v) is 4.15. The van der Waals surface area contributed by atoms with Crippen molar-refractivity contribution in [1.82, 2.24) is 0 Å². The van der Waals surface area contributed by atoms with E-state index in [9.17, 15) is 4.79 Å². The summed E-state index contributed by atoms with van der Waals surface area (Å²) in [4.78, 5) is 11.6. The highest BCUT2D eigenvalue weighted by molar-refractivity contribution is 5.85. The molecular formula is C13H19NO. The van der Waals surface area contributed by atoms with Gasteiger partial charge in [0.15, 0.2) is 5.78 Å². The molecule has 0 amide bonds. The summed E-state index contributed by atoms with van der Waals surface area (Å²) in [6.45, 7) is 6.02. The zero-order valence-electron chi connectivity index (χ0n) is 9.71.